The lowest BCUT2D eigenvalue weighted by Crippen LogP contribution is -2.29. The van der Waals surface area contributed by atoms with Crippen molar-refractivity contribution in [3.8, 4) is 5.75 Å². The Kier molecular flexibility index (Phi) is 5.12. The molecule has 5 nitrogen and oxygen atoms in total. The fourth-order valence-corrected chi connectivity index (χ4v) is 3.70. The van der Waals surface area contributed by atoms with Gasteiger partial charge >= 0.3 is 0 Å². The smallest absolute Gasteiger partial charge is 0.267 e. The number of benzene rings is 1. The van der Waals surface area contributed by atoms with Gasteiger partial charge in [-0.05, 0) is 23.9 Å². The summed E-state index contributed by atoms with van der Waals surface area (Å²) in [7, 11) is 1.61. The Hall–Kier alpha value is -2.38. The summed E-state index contributed by atoms with van der Waals surface area (Å²) in [6.45, 7) is 4.12. The zero-order valence-electron chi connectivity index (χ0n) is 13.0. The fourth-order valence-electron chi connectivity index (χ4n) is 2.16. The van der Waals surface area contributed by atoms with Gasteiger partial charge in [-0.1, -0.05) is 24.3 Å². The van der Waals surface area contributed by atoms with Gasteiger partial charge in [-0.15, -0.1) is 17.9 Å². The number of ether oxygens (including phenoxy) is 1. The minimum Gasteiger partial charge on any atom is -0.496 e. The van der Waals surface area contributed by atoms with Crippen LogP contribution in [0.5, 0.6) is 5.75 Å². The first-order valence-corrected chi connectivity index (χ1v) is 8.86. The van der Waals surface area contributed by atoms with Gasteiger partial charge in [0.15, 0.2) is 5.17 Å². The van der Waals surface area contributed by atoms with Crippen molar-refractivity contribution in [3.05, 3.63) is 59.0 Å². The summed E-state index contributed by atoms with van der Waals surface area (Å²) in [4.78, 5) is 23.5. The van der Waals surface area contributed by atoms with Crippen LogP contribution in [0.1, 0.15) is 5.56 Å². The SMILES string of the molecule is C=CCN1C(=O)/C(=C/c2ccccc2OC)S/C1=N/c1nccs1. The van der Waals surface area contributed by atoms with Crippen LogP contribution < -0.4 is 4.74 Å². The Morgan fingerprint density at radius 2 is 2.25 bits per heavy atom. The summed E-state index contributed by atoms with van der Waals surface area (Å²) >= 11 is 2.76. The van der Waals surface area contributed by atoms with Crippen LogP contribution in [0.3, 0.4) is 0 Å². The van der Waals surface area contributed by atoms with Gasteiger partial charge in [-0.2, -0.15) is 4.99 Å². The summed E-state index contributed by atoms with van der Waals surface area (Å²) in [5.74, 6) is 0.625. The van der Waals surface area contributed by atoms with Crippen molar-refractivity contribution < 1.29 is 9.53 Å². The highest BCUT2D eigenvalue weighted by Crippen LogP contribution is 2.35. The maximum atomic E-state index is 12.7. The van der Waals surface area contributed by atoms with Gasteiger partial charge in [-0.3, -0.25) is 9.69 Å². The lowest BCUT2D eigenvalue weighted by atomic mass is 10.2. The van der Waals surface area contributed by atoms with Crippen molar-refractivity contribution >= 4 is 45.4 Å². The van der Waals surface area contributed by atoms with Gasteiger partial charge < -0.3 is 4.74 Å². The third-order valence-electron chi connectivity index (χ3n) is 3.24. The largest absolute Gasteiger partial charge is 0.496 e. The highest BCUT2D eigenvalue weighted by molar-refractivity contribution is 8.18. The van der Waals surface area contributed by atoms with E-state index >= 15 is 0 Å². The maximum absolute atomic E-state index is 12.7. The van der Waals surface area contributed by atoms with E-state index in [1.807, 2.05) is 35.7 Å². The summed E-state index contributed by atoms with van der Waals surface area (Å²) in [6, 6.07) is 7.57. The second-order valence-corrected chi connectivity index (χ2v) is 6.65. The number of aromatic nitrogens is 1. The van der Waals surface area contributed by atoms with E-state index in [4.69, 9.17) is 4.74 Å². The molecule has 3 rings (SSSR count). The predicted molar refractivity (Wildman–Crippen MR) is 99.7 cm³/mol. The number of rotatable bonds is 5. The molecule has 2 heterocycles. The van der Waals surface area contributed by atoms with Crippen LogP contribution >= 0.6 is 23.1 Å². The molecule has 0 atom stereocenters. The average Bonchev–Trinajstić information content (AvgIpc) is 3.20. The predicted octanol–water partition coefficient (Wildman–Crippen LogP) is 3.94. The molecule has 2 aromatic rings. The molecular formula is C17H15N3O2S2. The molecule has 1 fully saturated rings. The Morgan fingerprint density at radius 3 is 2.96 bits per heavy atom. The van der Waals surface area contributed by atoms with Crippen molar-refractivity contribution in [2.45, 2.75) is 0 Å². The highest BCUT2D eigenvalue weighted by Gasteiger charge is 2.33. The van der Waals surface area contributed by atoms with E-state index in [0.717, 1.165) is 11.3 Å². The minimum atomic E-state index is -0.0962. The number of carbonyl (C=O) groups excluding carboxylic acids is 1. The molecule has 122 valence electrons. The van der Waals surface area contributed by atoms with Crippen molar-refractivity contribution in [3.63, 3.8) is 0 Å². The molecule has 1 aliphatic rings. The molecule has 7 heteroatoms. The quantitative estimate of drug-likeness (QED) is 0.601. The van der Waals surface area contributed by atoms with E-state index in [0.29, 0.717) is 21.7 Å². The molecule has 0 spiro atoms. The number of hydrogen-bond donors (Lipinski definition) is 0. The van der Waals surface area contributed by atoms with Gasteiger partial charge in [0.05, 0.1) is 12.0 Å². The van der Waals surface area contributed by atoms with Gasteiger partial charge in [0.25, 0.3) is 5.91 Å². The Balaban J connectivity index is 1.97. The second kappa shape index (κ2) is 7.46. The lowest BCUT2D eigenvalue weighted by Gasteiger charge is -2.11. The number of amides is 1. The summed E-state index contributed by atoms with van der Waals surface area (Å²) in [5.41, 5.74) is 0.852. The van der Waals surface area contributed by atoms with Crippen molar-refractivity contribution in [1.29, 1.82) is 0 Å². The van der Waals surface area contributed by atoms with Crippen LogP contribution in [0, 0.1) is 0 Å². The molecule has 1 aromatic carbocycles. The summed E-state index contributed by atoms with van der Waals surface area (Å²) < 4.78 is 5.34. The van der Waals surface area contributed by atoms with E-state index in [9.17, 15) is 4.79 Å². The average molecular weight is 357 g/mol. The number of nitrogens with zero attached hydrogens (tertiary/aromatic N) is 3. The van der Waals surface area contributed by atoms with Crippen LogP contribution in [0.4, 0.5) is 5.13 Å². The fraction of sp³-hybridized carbons (Fsp3) is 0.118. The van der Waals surface area contributed by atoms with Crippen molar-refractivity contribution in [2.24, 2.45) is 4.99 Å². The van der Waals surface area contributed by atoms with Gasteiger partial charge in [0.2, 0.25) is 5.13 Å². The molecular weight excluding hydrogens is 342 g/mol. The third kappa shape index (κ3) is 3.42. The maximum Gasteiger partial charge on any atom is 0.267 e. The van der Waals surface area contributed by atoms with Crippen molar-refractivity contribution in [2.75, 3.05) is 13.7 Å². The number of thiazole rings is 1. The second-order valence-electron chi connectivity index (χ2n) is 4.77. The van der Waals surface area contributed by atoms with Gasteiger partial charge in [0.1, 0.15) is 5.75 Å². The van der Waals surface area contributed by atoms with E-state index in [-0.39, 0.29) is 5.91 Å². The first-order chi connectivity index (χ1) is 11.7. The number of carbonyl (C=O) groups is 1. The summed E-state index contributed by atoms with van der Waals surface area (Å²) in [5, 5.41) is 3.08. The monoisotopic (exact) mass is 357 g/mol. The normalized spacial score (nSPS) is 17.7. The standard InChI is InChI=1S/C17H15N3O2S2/c1-3-9-20-15(21)14(11-12-6-4-5-7-13(12)22-2)24-17(20)19-16-18-8-10-23-16/h3-8,10-11H,1,9H2,2H3/b14-11-,19-17+. The summed E-state index contributed by atoms with van der Waals surface area (Å²) in [6.07, 6.45) is 5.20. The number of para-hydroxylation sites is 1. The molecule has 0 bridgehead atoms. The topological polar surface area (TPSA) is 54.8 Å². The van der Waals surface area contributed by atoms with Crippen LogP contribution in [0.25, 0.3) is 6.08 Å². The first-order valence-electron chi connectivity index (χ1n) is 7.16. The third-order valence-corrected chi connectivity index (χ3v) is 4.91. The zero-order chi connectivity index (χ0) is 16.9. The molecule has 1 aromatic heterocycles. The number of aliphatic imine (C=N–C) groups is 1. The molecule has 0 saturated carbocycles. The Labute approximate surface area is 148 Å². The molecule has 1 amide bonds. The van der Waals surface area contributed by atoms with E-state index in [1.165, 1.54) is 23.1 Å². The molecule has 24 heavy (non-hydrogen) atoms. The van der Waals surface area contributed by atoms with E-state index < -0.39 is 0 Å². The molecule has 1 saturated heterocycles. The van der Waals surface area contributed by atoms with E-state index in [1.54, 1.807) is 24.3 Å². The highest BCUT2D eigenvalue weighted by atomic mass is 32.2. The molecule has 1 aliphatic heterocycles. The lowest BCUT2D eigenvalue weighted by molar-refractivity contribution is -0.121. The zero-order valence-corrected chi connectivity index (χ0v) is 14.6. The molecule has 0 aliphatic carbocycles. The Morgan fingerprint density at radius 1 is 1.42 bits per heavy atom. The number of amidine groups is 1. The number of thioether (sulfide) groups is 1. The van der Waals surface area contributed by atoms with Crippen LogP contribution in [0.2, 0.25) is 0 Å². The molecule has 0 radical (unpaired) electrons. The number of hydrogen-bond acceptors (Lipinski definition) is 6. The minimum absolute atomic E-state index is 0.0962. The van der Waals surface area contributed by atoms with Gasteiger partial charge in [0, 0.05) is 23.7 Å². The van der Waals surface area contributed by atoms with Gasteiger partial charge in [-0.25, -0.2) is 4.98 Å². The van der Waals surface area contributed by atoms with Crippen LogP contribution in [-0.4, -0.2) is 34.6 Å². The Bertz CT molecular complexity index is 813. The number of methoxy groups -OCH3 is 1. The molecule has 0 N–H and O–H groups in total. The molecule has 0 unspecified atom stereocenters. The van der Waals surface area contributed by atoms with Crippen molar-refractivity contribution in [1.82, 2.24) is 9.88 Å². The van der Waals surface area contributed by atoms with Crippen LogP contribution in [0.15, 0.2) is 58.4 Å². The van der Waals surface area contributed by atoms with Crippen LogP contribution in [-0.2, 0) is 4.79 Å². The van der Waals surface area contributed by atoms with E-state index in [2.05, 4.69) is 16.6 Å². The first kappa shape index (κ1) is 16.5.